The standard InChI is InChI=1S/C37H31NO/c1-22-17-26(37(3,4)5)15-16-27(22)31-19-34(38-21-23(31)2)30-12-8-11-29-33-18-25-14-13-24-9-6-7-10-28(24)32(25)20-35(33)39-36(29)30/h6-21H,1-5H3/i1D3,2D3,16D,19D. The second kappa shape index (κ2) is 8.54. The van der Waals surface area contributed by atoms with Gasteiger partial charge in [-0.1, -0.05) is 87.5 Å². The van der Waals surface area contributed by atoms with E-state index in [2.05, 4.69) is 35.3 Å². The van der Waals surface area contributed by atoms with E-state index in [9.17, 15) is 1.37 Å². The lowest BCUT2D eigenvalue weighted by Gasteiger charge is -2.21. The van der Waals surface area contributed by atoms with Gasteiger partial charge in [0.1, 0.15) is 11.2 Å². The van der Waals surface area contributed by atoms with Crippen LogP contribution >= 0.6 is 0 Å². The number of aromatic nitrogens is 1. The third kappa shape index (κ3) is 3.82. The summed E-state index contributed by atoms with van der Waals surface area (Å²) in [5.41, 5.74) is 1.16. The summed E-state index contributed by atoms with van der Waals surface area (Å²) in [5.74, 6) is 0. The van der Waals surface area contributed by atoms with E-state index in [1.807, 2.05) is 51.1 Å². The Hall–Kier alpha value is -4.43. The van der Waals surface area contributed by atoms with Crippen LogP contribution in [0.3, 0.4) is 0 Å². The third-order valence-corrected chi connectivity index (χ3v) is 7.51. The number of benzene rings is 5. The maximum atomic E-state index is 9.41. The third-order valence-electron chi connectivity index (χ3n) is 7.51. The smallest absolute Gasteiger partial charge is 0.144 e. The number of rotatable bonds is 2. The Morgan fingerprint density at radius 3 is 2.38 bits per heavy atom. The fourth-order valence-electron chi connectivity index (χ4n) is 5.37. The molecule has 0 aliphatic rings. The number of hydrogen-bond acceptors (Lipinski definition) is 2. The number of hydrogen-bond donors (Lipinski definition) is 0. The molecular weight excluding hydrogens is 474 g/mol. The van der Waals surface area contributed by atoms with Gasteiger partial charge in [0.05, 0.1) is 8.44 Å². The van der Waals surface area contributed by atoms with Gasteiger partial charge in [0.15, 0.2) is 0 Å². The molecular formula is C37H31NO. The van der Waals surface area contributed by atoms with E-state index in [4.69, 9.17) is 14.0 Å². The summed E-state index contributed by atoms with van der Waals surface area (Å²) in [4.78, 5) is 4.49. The van der Waals surface area contributed by atoms with E-state index in [1.165, 1.54) is 12.3 Å². The predicted octanol–water partition coefficient (Wildman–Crippen LogP) is 10.5. The minimum Gasteiger partial charge on any atom is -0.455 e. The van der Waals surface area contributed by atoms with Crippen molar-refractivity contribution in [1.29, 1.82) is 0 Å². The van der Waals surface area contributed by atoms with Crippen LogP contribution in [0.25, 0.3) is 65.9 Å². The van der Waals surface area contributed by atoms with E-state index in [1.54, 1.807) is 12.1 Å². The van der Waals surface area contributed by atoms with E-state index in [-0.39, 0.29) is 40.0 Å². The van der Waals surface area contributed by atoms with Crippen LogP contribution in [-0.2, 0) is 5.41 Å². The van der Waals surface area contributed by atoms with Crippen molar-refractivity contribution in [2.75, 3.05) is 0 Å². The number of fused-ring (bicyclic) bond motifs is 6. The highest BCUT2D eigenvalue weighted by Crippen LogP contribution is 2.40. The molecule has 0 spiro atoms. The fourth-order valence-corrected chi connectivity index (χ4v) is 5.37. The first-order valence-corrected chi connectivity index (χ1v) is 13.0. The van der Waals surface area contributed by atoms with Gasteiger partial charge in [0.2, 0.25) is 0 Å². The summed E-state index contributed by atoms with van der Waals surface area (Å²) < 4.78 is 74.9. The Bertz CT molecular complexity index is 2390. The highest BCUT2D eigenvalue weighted by atomic mass is 16.3. The number of aryl methyl sites for hydroxylation is 2. The van der Waals surface area contributed by atoms with Gasteiger partial charge in [-0.05, 0) is 92.7 Å². The molecule has 0 atom stereocenters. The molecule has 0 saturated carbocycles. The maximum Gasteiger partial charge on any atom is 0.144 e. The molecule has 2 heterocycles. The van der Waals surface area contributed by atoms with Crippen molar-refractivity contribution >= 4 is 43.5 Å². The van der Waals surface area contributed by atoms with E-state index in [0.717, 1.165) is 32.3 Å². The Morgan fingerprint density at radius 1 is 0.718 bits per heavy atom. The highest BCUT2D eigenvalue weighted by Gasteiger charge is 2.18. The average molecular weight is 514 g/mol. The van der Waals surface area contributed by atoms with E-state index >= 15 is 0 Å². The summed E-state index contributed by atoms with van der Waals surface area (Å²) in [6.07, 6.45) is 1.18. The van der Waals surface area contributed by atoms with Gasteiger partial charge in [-0.15, -0.1) is 0 Å². The molecule has 2 heteroatoms. The molecule has 2 aromatic heterocycles. The van der Waals surface area contributed by atoms with Gasteiger partial charge in [-0.25, -0.2) is 0 Å². The summed E-state index contributed by atoms with van der Waals surface area (Å²) in [7, 11) is 0. The lowest BCUT2D eigenvalue weighted by molar-refractivity contribution is 0.590. The lowest BCUT2D eigenvalue weighted by Crippen LogP contribution is -2.11. The van der Waals surface area contributed by atoms with Crippen molar-refractivity contribution in [2.24, 2.45) is 0 Å². The van der Waals surface area contributed by atoms with Crippen LogP contribution in [0.4, 0.5) is 0 Å². The Morgan fingerprint density at radius 2 is 1.54 bits per heavy atom. The second-order valence-corrected chi connectivity index (χ2v) is 11.1. The minimum atomic E-state index is -2.73. The maximum absolute atomic E-state index is 9.41. The van der Waals surface area contributed by atoms with Gasteiger partial charge in [-0.2, -0.15) is 0 Å². The zero-order valence-electron chi connectivity index (χ0n) is 29.9. The largest absolute Gasteiger partial charge is 0.455 e. The molecule has 0 saturated heterocycles. The van der Waals surface area contributed by atoms with E-state index < -0.39 is 19.1 Å². The van der Waals surface area contributed by atoms with Gasteiger partial charge in [0, 0.05) is 30.8 Å². The lowest BCUT2D eigenvalue weighted by atomic mass is 9.84. The monoisotopic (exact) mass is 513 g/mol. The first kappa shape index (κ1) is 16.5. The van der Waals surface area contributed by atoms with E-state index in [0.29, 0.717) is 22.3 Å². The zero-order valence-corrected chi connectivity index (χ0v) is 21.9. The van der Waals surface area contributed by atoms with Crippen molar-refractivity contribution in [3.63, 3.8) is 0 Å². The molecule has 7 rings (SSSR count). The molecule has 0 fully saturated rings. The number of pyridine rings is 1. The topological polar surface area (TPSA) is 26.0 Å². The van der Waals surface area contributed by atoms with Crippen LogP contribution in [0.1, 0.15) is 48.4 Å². The van der Waals surface area contributed by atoms with Crippen LogP contribution in [-0.4, -0.2) is 4.98 Å². The summed E-state index contributed by atoms with van der Waals surface area (Å²) in [6.45, 7) is 0.334. The first-order chi connectivity index (χ1) is 22.0. The molecule has 0 unspecified atom stereocenters. The second-order valence-electron chi connectivity index (χ2n) is 11.1. The van der Waals surface area contributed by atoms with Crippen molar-refractivity contribution in [3.05, 3.63) is 114 Å². The molecule has 2 nitrogen and oxygen atoms in total. The highest BCUT2D eigenvalue weighted by molar-refractivity contribution is 6.17. The van der Waals surface area contributed by atoms with Crippen LogP contribution in [0.5, 0.6) is 0 Å². The van der Waals surface area contributed by atoms with Gasteiger partial charge >= 0.3 is 0 Å². The van der Waals surface area contributed by atoms with Crippen LogP contribution in [0.2, 0.25) is 0 Å². The van der Waals surface area contributed by atoms with Crippen LogP contribution in [0, 0.1) is 13.7 Å². The van der Waals surface area contributed by atoms with Crippen molar-refractivity contribution in [1.82, 2.24) is 4.98 Å². The quantitative estimate of drug-likeness (QED) is 0.215. The predicted molar refractivity (Wildman–Crippen MR) is 166 cm³/mol. The normalized spacial score (nSPS) is 15.9. The number of nitrogens with zero attached hydrogens (tertiary/aromatic N) is 1. The number of para-hydroxylation sites is 1. The molecule has 39 heavy (non-hydrogen) atoms. The van der Waals surface area contributed by atoms with Gasteiger partial charge in [-0.3, -0.25) is 4.98 Å². The first-order valence-electron chi connectivity index (χ1n) is 17.0. The summed E-state index contributed by atoms with van der Waals surface area (Å²) >= 11 is 0. The molecule has 190 valence electrons. The van der Waals surface area contributed by atoms with Crippen LogP contribution in [0.15, 0.2) is 102 Å². The summed E-state index contributed by atoms with van der Waals surface area (Å²) in [5, 5.41) is 5.98. The molecule has 0 amide bonds. The van der Waals surface area contributed by atoms with Crippen molar-refractivity contribution < 1.29 is 15.4 Å². The van der Waals surface area contributed by atoms with Crippen LogP contribution < -0.4 is 0 Å². The SMILES string of the molecule is [2H]c1cc(C(C)(C)C)cc(C([2H])([2H])[2H])c1-c1c(C([2H])([2H])[2H])cnc(-c2cccc3c2oc2cc4c(ccc5ccccc54)cc23)c1[2H]. The Kier molecular flexibility index (Phi) is 3.62. The zero-order chi connectivity index (χ0) is 33.6. The Labute approximate surface area is 240 Å². The van der Waals surface area contributed by atoms with Gasteiger partial charge < -0.3 is 4.42 Å². The summed E-state index contributed by atoms with van der Waals surface area (Å²) in [6, 6.07) is 24.5. The Balaban J connectivity index is 1.53. The minimum absolute atomic E-state index is 0.104. The van der Waals surface area contributed by atoms with Crippen molar-refractivity contribution in [3.8, 4) is 22.4 Å². The van der Waals surface area contributed by atoms with Gasteiger partial charge in [0.25, 0.3) is 0 Å². The molecule has 5 aromatic carbocycles. The van der Waals surface area contributed by atoms with Crippen molar-refractivity contribution in [2.45, 2.75) is 39.9 Å². The average Bonchev–Trinajstić information content (AvgIpc) is 3.36. The molecule has 0 bridgehead atoms. The fraction of sp³-hybridized carbons (Fsp3) is 0.162. The molecule has 0 aliphatic carbocycles. The molecule has 0 N–H and O–H groups in total. The molecule has 0 aliphatic heterocycles. The molecule has 7 aromatic rings. The molecule has 0 radical (unpaired) electrons. The number of furan rings is 1.